The molecule has 2 fully saturated rings. The van der Waals surface area contributed by atoms with E-state index in [1.54, 1.807) is 37.3 Å². The van der Waals surface area contributed by atoms with Gasteiger partial charge in [-0.2, -0.15) is 15.1 Å². The van der Waals surface area contributed by atoms with Gasteiger partial charge in [0.25, 0.3) is 0 Å². The fourth-order valence-corrected chi connectivity index (χ4v) is 6.79. The minimum Gasteiger partial charge on any atom is -0.476 e. The quantitative estimate of drug-likeness (QED) is 0.193. The zero-order valence-electron chi connectivity index (χ0n) is 24.8. The van der Waals surface area contributed by atoms with Crippen LogP contribution in [-0.4, -0.2) is 73.8 Å². The molecule has 1 saturated carbocycles. The summed E-state index contributed by atoms with van der Waals surface area (Å²) in [6.07, 6.45) is 0.926. The highest BCUT2D eigenvalue weighted by Gasteiger charge is 2.55. The van der Waals surface area contributed by atoms with Crippen LogP contribution in [0.1, 0.15) is 59.1 Å². The molecular weight excluding hydrogens is 598 g/mol. The van der Waals surface area contributed by atoms with Gasteiger partial charge in [0.2, 0.25) is 11.8 Å². The topological polar surface area (TPSA) is 182 Å². The van der Waals surface area contributed by atoms with E-state index in [4.69, 9.17) is 29.0 Å². The summed E-state index contributed by atoms with van der Waals surface area (Å²) in [5.74, 6) is -0.402. The average molecular weight is 637 g/mol. The number of aliphatic hydroxyl groups is 1. The molecule has 1 aromatic carbocycles. The first-order valence-electron chi connectivity index (χ1n) is 14.6. The number of benzene rings is 1. The summed E-state index contributed by atoms with van der Waals surface area (Å²) in [4.78, 5) is 25.3. The lowest BCUT2D eigenvalue weighted by atomic mass is 9.98. The predicted molar refractivity (Wildman–Crippen MR) is 157 cm³/mol. The number of rotatable bonds is 12. The van der Waals surface area contributed by atoms with E-state index in [1.165, 1.54) is 24.7 Å². The SMILES string of the molecule is CCOc1nc(N)nc2c1ncn2C1OC(COP(=O)(NC(C)C(=O)OC2CCCCC2)Oc2ccccc2)C(F)C1(C)O. The number of hydrogen-bond acceptors (Lipinski definition) is 12. The second-order valence-corrected chi connectivity index (χ2v) is 12.7. The van der Waals surface area contributed by atoms with Crippen molar-refractivity contribution in [2.24, 2.45) is 0 Å². The van der Waals surface area contributed by atoms with Gasteiger partial charge in [-0.15, -0.1) is 0 Å². The normalized spacial score (nSPS) is 26.2. The Bertz CT molecular complexity index is 1490. The molecule has 1 aliphatic heterocycles. The van der Waals surface area contributed by atoms with Crippen LogP contribution in [0.4, 0.5) is 10.3 Å². The Balaban J connectivity index is 1.33. The smallest absolute Gasteiger partial charge is 0.459 e. The molecule has 4 N–H and O–H groups in total. The zero-order valence-corrected chi connectivity index (χ0v) is 25.7. The Morgan fingerprint density at radius 3 is 2.70 bits per heavy atom. The van der Waals surface area contributed by atoms with Gasteiger partial charge in [-0.05, 0) is 58.6 Å². The third-order valence-corrected chi connectivity index (χ3v) is 9.19. The summed E-state index contributed by atoms with van der Waals surface area (Å²) < 4.78 is 59.4. The largest absolute Gasteiger partial charge is 0.476 e. The van der Waals surface area contributed by atoms with Gasteiger partial charge < -0.3 is 29.6 Å². The molecule has 5 rings (SSSR count). The van der Waals surface area contributed by atoms with E-state index in [-0.39, 0.29) is 41.5 Å². The van der Waals surface area contributed by atoms with Gasteiger partial charge in [-0.1, -0.05) is 24.6 Å². The molecule has 6 atom stereocenters. The van der Waals surface area contributed by atoms with Crippen LogP contribution in [0, 0.1) is 0 Å². The summed E-state index contributed by atoms with van der Waals surface area (Å²) in [6, 6.07) is 7.12. The number of hydrogen-bond donors (Lipinski definition) is 3. The van der Waals surface area contributed by atoms with E-state index in [0.29, 0.717) is 0 Å². The molecule has 44 heavy (non-hydrogen) atoms. The number of alkyl halides is 1. The minimum absolute atomic E-state index is 0.113. The number of ether oxygens (including phenoxy) is 3. The Kier molecular flexibility index (Phi) is 9.71. The molecule has 0 bridgehead atoms. The summed E-state index contributed by atoms with van der Waals surface area (Å²) in [5.41, 5.74) is 4.16. The first kappa shape index (κ1) is 32.0. The Hall–Kier alpha value is -3.36. The minimum atomic E-state index is -4.32. The van der Waals surface area contributed by atoms with Gasteiger partial charge in [0, 0.05) is 0 Å². The number of aromatic nitrogens is 4. The van der Waals surface area contributed by atoms with Crippen LogP contribution in [-0.2, 0) is 23.4 Å². The molecule has 3 aromatic rings. The molecular formula is C28H38FN6O8P. The van der Waals surface area contributed by atoms with E-state index in [9.17, 15) is 14.5 Å². The van der Waals surface area contributed by atoms with Crippen LogP contribution in [0.25, 0.3) is 11.2 Å². The predicted octanol–water partition coefficient (Wildman–Crippen LogP) is 3.85. The number of nitrogens with two attached hydrogens (primary N) is 1. The van der Waals surface area contributed by atoms with Gasteiger partial charge in [0.1, 0.15) is 29.6 Å². The van der Waals surface area contributed by atoms with Gasteiger partial charge in [0.05, 0.1) is 19.5 Å². The number of carbonyl (C=O) groups is 1. The number of anilines is 1. The van der Waals surface area contributed by atoms with Crippen molar-refractivity contribution in [3.05, 3.63) is 36.7 Å². The van der Waals surface area contributed by atoms with Gasteiger partial charge in [0.15, 0.2) is 23.6 Å². The first-order valence-corrected chi connectivity index (χ1v) is 16.2. The van der Waals surface area contributed by atoms with E-state index < -0.39 is 50.5 Å². The monoisotopic (exact) mass is 636 g/mol. The van der Waals surface area contributed by atoms with Crippen molar-refractivity contribution in [1.82, 2.24) is 24.6 Å². The number of para-hydroxylation sites is 1. The van der Waals surface area contributed by atoms with Gasteiger partial charge >= 0.3 is 13.7 Å². The van der Waals surface area contributed by atoms with Crippen molar-refractivity contribution in [3.8, 4) is 11.6 Å². The Morgan fingerprint density at radius 1 is 1.27 bits per heavy atom. The lowest BCUT2D eigenvalue weighted by molar-refractivity contribution is -0.152. The highest BCUT2D eigenvalue weighted by Crippen LogP contribution is 2.48. The van der Waals surface area contributed by atoms with Crippen molar-refractivity contribution in [2.75, 3.05) is 18.9 Å². The van der Waals surface area contributed by atoms with Crippen LogP contribution in [0.3, 0.4) is 0 Å². The molecule has 0 spiro atoms. The van der Waals surface area contributed by atoms with Crippen molar-refractivity contribution < 1.29 is 42.1 Å². The van der Waals surface area contributed by atoms with Crippen molar-refractivity contribution in [3.63, 3.8) is 0 Å². The molecule has 1 aliphatic carbocycles. The van der Waals surface area contributed by atoms with E-state index >= 15 is 4.39 Å². The number of esters is 1. The average Bonchev–Trinajstić information content (AvgIpc) is 3.50. The summed E-state index contributed by atoms with van der Waals surface area (Å²) in [5, 5.41) is 13.8. The van der Waals surface area contributed by atoms with Crippen molar-refractivity contribution in [1.29, 1.82) is 0 Å². The molecule has 1 saturated heterocycles. The number of nitrogen functional groups attached to an aromatic ring is 1. The lowest BCUT2D eigenvalue weighted by Gasteiger charge is -2.27. The number of carbonyl (C=O) groups excluding carboxylic acids is 1. The Labute approximate surface area is 254 Å². The number of nitrogens with zero attached hydrogens (tertiary/aromatic N) is 4. The fourth-order valence-electron chi connectivity index (χ4n) is 5.29. The fraction of sp³-hybridized carbons (Fsp3) is 0.571. The summed E-state index contributed by atoms with van der Waals surface area (Å²) in [6.45, 7) is 4.18. The Morgan fingerprint density at radius 2 is 2.00 bits per heavy atom. The van der Waals surface area contributed by atoms with Gasteiger partial charge in [-0.3, -0.25) is 13.9 Å². The van der Waals surface area contributed by atoms with Crippen LogP contribution < -0.4 is 20.1 Å². The van der Waals surface area contributed by atoms with Gasteiger partial charge in [-0.25, -0.2) is 13.9 Å². The number of nitrogens with one attached hydrogen (secondary N) is 1. The second kappa shape index (κ2) is 13.3. The number of imidazole rings is 1. The van der Waals surface area contributed by atoms with E-state index in [2.05, 4.69) is 20.0 Å². The lowest BCUT2D eigenvalue weighted by Crippen LogP contribution is -2.42. The third kappa shape index (κ3) is 6.97. The summed E-state index contributed by atoms with van der Waals surface area (Å²) in [7, 11) is -4.32. The van der Waals surface area contributed by atoms with Crippen LogP contribution in [0.5, 0.6) is 11.6 Å². The zero-order chi connectivity index (χ0) is 31.5. The standard InChI is InChI=1S/C28H38FN6O8P/c1-4-39-24-21-23(32-27(30)33-24)35(16-31-21)26-28(3,37)22(29)20(42-26)15-40-44(38,43-19-13-9-6-10-14-19)34-17(2)25(36)41-18-11-7-5-8-12-18/h6,9-10,13-14,16-18,20,22,26,37H,4-5,7-8,11-12,15H2,1-3H3,(H,34,38)(H2,30,32,33). The molecule has 6 unspecified atom stereocenters. The number of fused-ring (bicyclic) bond motifs is 1. The molecule has 2 aromatic heterocycles. The molecule has 240 valence electrons. The maximum Gasteiger partial charge on any atom is 0.459 e. The second-order valence-electron chi connectivity index (χ2n) is 11.0. The van der Waals surface area contributed by atoms with Crippen molar-refractivity contribution >= 4 is 30.8 Å². The van der Waals surface area contributed by atoms with E-state index in [0.717, 1.165) is 32.1 Å². The van der Waals surface area contributed by atoms with Crippen LogP contribution in [0.15, 0.2) is 36.7 Å². The van der Waals surface area contributed by atoms with Crippen LogP contribution >= 0.6 is 7.75 Å². The van der Waals surface area contributed by atoms with Crippen LogP contribution in [0.2, 0.25) is 0 Å². The number of halogens is 1. The van der Waals surface area contributed by atoms with E-state index in [1.807, 2.05) is 0 Å². The molecule has 0 radical (unpaired) electrons. The highest BCUT2D eigenvalue weighted by atomic mass is 31.2. The third-order valence-electron chi connectivity index (χ3n) is 7.55. The maximum absolute atomic E-state index is 15.7. The molecule has 16 heteroatoms. The van der Waals surface area contributed by atoms with Crippen molar-refractivity contribution in [2.45, 2.75) is 89.1 Å². The first-order chi connectivity index (χ1) is 21.0. The molecule has 3 heterocycles. The highest BCUT2D eigenvalue weighted by molar-refractivity contribution is 7.52. The molecule has 0 amide bonds. The summed E-state index contributed by atoms with van der Waals surface area (Å²) >= 11 is 0. The molecule has 2 aliphatic rings. The maximum atomic E-state index is 15.7. The molecule has 14 nitrogen and oxygen atoms in total.